The molecule has 0 aliphatic carbocycles. The van der Waals surface area contributed by atoms with Crippen molar-refractivity contribution in [3.8, 4) is 11.5 Å². The minimum atomic E-state index is -0.142. The molecule has 1 aliphatic rings. The van der Waals surface area contributed by atoms with Crippen molar-refractivity contribution in [3.05, 3.63) is 23.8 Å². The van der Waals surface area contributed by atoms with Crippen LogP contribution in [0.15, 0.2) is 23.2 Å². The number of nitrogens with one attached hydrogen (secondary N) is 2. The molecule has 0 aromatic heterocycles. The van der Waals surface area contributed by atoms with E-state index in [0.717, 1.165) is 42.5 Å². The fourth-order valence-corrected chi connectivity index (χ4v) is 3.38. The smallest absolute Gasteiger partial charge is 0.222 e. The van der Waals surface area contributed by atoms with Gasteiger partial charge in [-0.2, -0.15) is 0 Å². The van der Waals surface area contributed by atoms with Gasteiger partial charge in [0.05, 0.1) is 14.2 Å². The number of amides is 1. The molecule has 2 N–H and O–H groups in total. The predicted octanol–water partition coefficient (Wildman–Crippen LogP) is 2.78. The summed E-state index contributed by atoms with van der Waals surface area (Å²) in [6, 6.07) is 6.23. The molecule has 1 aliphatic heterocycles. The van der Waals surface area contributed by atoms with Crippen LogP contribution in [0.2, 0.25) is 0 Å². The van der Waals surface area contributed by atoms with E-state index in [0.29, 0.717) is 13.0 Å². The maximum atomic E-state index is 11.9. The second-order valence-electron chi connectivity index (χ2n) is 7.70. The largest absolute Gasteiger partial charge is 0.493 e. The molecule has 0 bridgehead atoms. The maximum Gasteiger partial charge on any atom is 0.222 e. The van der Waals surface area contributed by atoms with E-state index in [1.165, 1.54) is 0 Å². The molecule has 164 valence electrons. The third-order valence-electron chi connectivity index (χ3n) is 5.27. The molecule has 29 heavy (non-hydrogen) atoms. The summed E-state index contributed by atoms with van der Waals surface area (Å²) >= 11 is 0. The number of hydrogen-bond donors (Lipinski definition) is 2. The summed E-state index contributed by atoms with van der Waals surface area (Å²) in [5.74, 6) is 2.41. The fourth-order valence-electron chi connectivity index (χ4n) is 3.38. The number of nitrogens with zero attached hydrogens (tertiary/aromatic N) is 2. The van der Waals surface area contributed by atoms with E-state index in [1.807, 2.05) is 24.0 Å². The number of ether oxygens (including phenoxy) is 2. The van der Waals surface area contributed by atoms with Gasteiger partial charge in [0, 0.05) is 44.6 Å². The lowest BCUT2D eigenvalue weighted by Crippen LogP contribution is -2.48. The average Bonchev–Trinajstić information content (AvgIpc) is 3.18. The van der Waals surface area contributed by atoms with Crippen molar-refractivity contribution in [2.24, 2.45) is 4.99 Å². The minimum Gasteiger partial charge on any atom is -0.493 e. The number of guanidine groups is 1. The number of carbonyl (C=O) groups is 1. The van der Waals surface area contributed by atoms with Gasteiger partial charge in [0.1, 0.15) is 0 Å². The molecule has 1 atom stereocenters. The fraction of sp³-hybridized carbons (Fsp3) is 0.619. The van der Waals surface area contributed by atoms with Crippen molar-refractivity contribution in [2.45, 2.75) is 45.1 Å². The van der Waals surface area contributed by atoms with Crippen LogP contribution >= 0.6 is 24.0 Å². The van der Waals surface area contributed by atoms with Gasteiger partial charge in [-0.1, -0.05) is 26.8 Å². The Balaban J connectivity index is 0.00000420. The summed E-state index contributed by atoms with van der Waals surface area (Å²) in [4.78, 5) is 18.1. The predicted molar refractivity (Wildman–Crippen MR) is 128 cm³/mol. The molecule has 2 rings (SSSR count). The number of benzene rings is 1. The second kappa shape index (κ2) is 11.5. The van der Waals surface area contributed by atoms with E-state index in [4.69, 9.17) is 9.47 Å². The lowest BCUT2D eigenvalue weighted by molar-refractivity contribution is -0.129. The van der Waals surface area contributed by atoms with Crippen LogP contribution in [0, 0.1) is 0 Å². The summed E-state index contributed by atoms with van der Waals surface area (Å²) < 4.78 is 10.8. The first-order valence-electron chi connectivity index (χ1n) is 9.82. The highest BCUT2D eigenvalue weighted by molar-refractivity contribution is 14.0. The Morgan fingerprint density at radius 3 is 2.55 bits per heavy atom. The zero-order valence-corrected chi connectivity index (χ0v) is 20.7. The van der Waals surface area contributed by atoms with Crippen LogP contribution < -0.4 is 20.1 Å². The van der Waals surface area contributed by atoms with Gasteiger partial charge in [0.25, 0.3) is 0 Å². The van der Waals surface area contributed by atoms with E-state index < -0.39 is 0 Å². The number of carbonyl (C=O) groups excluding carboxylic acids is 1. The van der Waals surface area contributed by atoms with Crippen LogP contribution in [0.5, 0.6) is 11.5 Å². The number of hydrogen-bond acceptors (Lipinski definition) is 4. The summed E-state index contributed by atoms with van der Waals surface area (Å²) in [5.41, 5.74) is 1.01. The van der Waals surface area contributed by atoms with E-state index >= 15 is 0 Å². The number of halogens is 1. The third kappa shape index (κ3) is 6.65. The summed E-state index contributed by atoms with van der Waals surface area (Å²) in [7, 11) is 5.05. The topological polar surface area (TPSA) is 75.2 Å². The monoisotopic (exact) mass is 518 g/mol. The van der Waals surface area contributed by atoms with Crippen molar-refractivity contribution < 1.29 is 14.3 Å². The Kier molecular flexibility index (Phi) is 10.0. The Morgan fingerprint density at radius 2 is 1.97 bits per heavy atom. The first-order chi connectivity index (χ1) is 13.3. The molecule has 7 nitrogen and oxygen atoms in total. The standard InChI is InChI=1S/C21H34N4O3.HI/c1-7-19(26)25-11-10-16(13-25)24-20(22-4)23-14-21(2,3)15-8-9-17(27-5)18(12-15)28-6;/h8-9,12,16H,7,10-11,13-14H2,1-6H3,(H2,22,23,24);1H. The van der Waals surface area contributed by atoms with Gasteiger partial charge in [-0.3, -0.25) is 9.79 Å². The first-order valence-corrected chi connectivity index (χ1v) is 9.82. The molecular weight excluding hydrogens is 483 g/mol. The quantitative estimate of drug-likeness (QED) is 0.330. The Hall–Kier alpha value is -1.71. The zero-order chi connectivity index (χ0) is 20.7. The number of aliphatic imine (C=N–C) groups is 1. The van der Waals surface area contributed by atoms with E-state index in [9.17, 15) is 4.79 Å². The lowest BCUT2D eigenvalue weighted by Gasteiger charge is -2.28. The lowest BCUT2D eigenvalue weighted by atomic mass is 9.84. The van der Waals surface area contributed by atoms with Crippen molar-refractivity contribution in [1.82, 2.24) is 15.5 Å². The van der Waals surface area contributed by atoms with Crippen molar-refractivity contribution in [3.63, 3.8) is 0 Å². The maximum absolute atomic E-state index is 11.9. The van der Waals surface area contributed by atoms with E-state index in [1.54, 1.807) is 21.3 Å². The molecule has 1 fully saturated rings. The highest BCUT2D eigenvalue weighted by Crippen LogP contribution is 2.32. The molecule has 8 heteroatoms. The van der Waals surface area contributed by atoms with Gasteiger partial charge in [0.2, 0.25) is 5.91 Å². The molecule has 0 spiro atoms. The summed E-state index contributed by atoms with van der Waals surface area (Å²) in [5, 5.41) is 6.86. The van der Waals surface area contributed by atoms with Crippen LogP contribution in [0.3, 0.4) is 0 Å². The van der Waals surface area contributed by atoms with Gasteiger partial charge in [0.15, 0.2) is 17.5 Å². The number of likely N-dealkylation sites (tertiary alicyclic amines) is 1. The number of rotatable bonds is 7. The van der Waals surface area contributed by atoms with Crippen LogP contribution in [-0.4, -0.2) is 63.7 Å². The third-order valence-corrected chi connectivity index (χ3v) is 5.27. The molecule has 1 amide bonds. The molecule has 0 saturated carbocycles. The van der Waals surface area contributed by atoms with Gasteiger partial charge < -0.3 is 25.0 Å². The highest BCUT2D eigenvalue weighted by atomic mass is 127. The van der Waals surface area contributed by atoms with Crippen molar-refractivity contribution in [2.75, 3.05) is 40.9 Å². The van der Waals surface area contributed by atoms with Crippen LogP contribution in [0.1, 0.15) is 39.2 Å². The van der Waals surface area contributed by atoms with Gasteiger partial charge >= 0.3 is 0 Å². The van der Waals surface area contributed by atoms with Crippen LogP contribution in [0.25, 0.3) is 0 Å². The molecule has 1 aromatic rings. The zero-order valence-electron chi connectivity index (χ0n) is 18.4. The Morgan fingerprint density at radius 1 is 1.28 bits per heavy atom. The van der Waals surface area contributed by atoms with Gasteiger partial charge in [-0.15, -0.1) is 24.0 Å². The summed E-state index contributed by atoms with van der Waals surface area (Å²) in [6.07, 6.45) is 1.49. The van der Waals surface area contributed by atoms with Gasteiger partial charge in [-0.05, 0) is 24.1 Å². The highest BCUT2D eigenvalue weighted by Gasteiger charge is 2.27. The second-order valence-corrected chi connectivity index (χ2v) is 7.70. The molecular formula is C21H35IN4O3. The first kappa shape index (κ1) is 25.3. The van der Waals surface area contributed by atoms with Crippen LogP contribution in [0.4, 0.5) is 0 Å². The van der Waals surface area contributed by atoms with Gasteiger partial charge in [-0.25, -0.2) is 0 Å². The number of methoxy groups -OCH3 is 2. The minimum absolute atomic E-state index is 0. The normalized spacial score (nSPS) is 16.8. The van der Waals surface area contributed by atoms with E-state index in [-0.39, 0.29) is 41.3 Å². The molecule has 1 saturated heterocycles. The van der Waals surface area contributed by atoms with Crippen molar-refractivity contribution in [1.29, 1.82) is 0 Å². The molecule has 1 unspecified atom stereocenters. The van der Waals surface area contributed by atoms with Crippen molar-refractivity contribution >= 4 is 35.8 Å². The van der Waals surface area contributed by atoms with Crippen LogP contribution in [-0.2, 0) is 10.2 Å². The molecule has 1 aromatic carbocycles. The summed E-state index contributed by atoms with van der Waals surface area (Å²) in [6.45, 7) is 8.48. The Bertz CT molecular complexity index is 709. The Labute approximate surface area is 191 Å². The average molecular weight is 518 g/mol. The molecule has 1 heterocycles. The van der Waals surface area contributed by atoms with E-state index in [2.05, 4.69) is 35.5 Å². The molecule has 0 radical (unpaired) electrons. The SMILES string of the molecule is CCC(=O)N1CCC(NC(=NC)NCC(C)(C)c2ccc(OC)c(OC)c2)C1.I.